The highest BCUT2D eigenvalue weighted by Crippen LogP contribution is 2.07. The summed E-state index contributed by atoms with van der Waals surface area (Å²) in [4.78, 5) is 0. The fourth-order valence-corrected chi connectivity index (χ4v) is 1.98. The van der Waals surface area contributed by atoms with Crippen molar-refractivity contribution in [3.63, 3.8) is 0 Å². The number of rotatable bonds is 3. The minimum atomic E-state index is -3.38. The molecule has 0 amide bonds. The standard InChI is InChI=1S/C9H8FNO2S/c10-9-3-1-8(2-4-9)7-14(12,13)6-5-11/h1-4H,6-7H2. The number of hydrogen-bond acceptors (Lipinski definition) is 3. The molecular formula is C9H8FNO2S. The van der Waals surface area contributed by atoms with E-state index in [0.717, 1.165) is 0 Å². The van der Waals surface area contributed by atoms with Crippen LogP contribution in [0.2, 0.25) is 0 Å². The second-order valence-electron chi connectivity index (χ2n) is 2.82. The third-order valence-corrected chi connectivity index (χ3v) is 2.93. The van der Waals surface area contributed by atoms with E-state index in [1.54, 1.807) is 6.07 Å². The first kappa shape index (κ1) is 10.7. The summed E-state index contributed by atoms with van der Waals surface area (Å²) in [5.74, 6) is -1.14. The zero-order valence-corrected chi connectivity index (χ0v) is 8.09. The number of nitriles is 1. The van der Waals surface area contributed by atoms with Crippen molar-refractivity contribution in [3.05, 3.63) is 35.6 Å². The first-order valence-corrected chi connectivity index (χ1v) is 5.67. The van der Waals surface area contributed by atoms with Crippen molar-refractivity contribution >= 4 is 9.84 Å². The highest BCUT2D eigenvalue weighted by atomic mass is 32.2. The van der Waals surface area contributed by atoms with Crippen LogP contribution in [-0.4, -0.2) is 14.2 Å². The molecule has 0 aromatic heterocycles. The number of sulfone groups is 1. The van der Waals surface area contributed by atoms with Crippen molar-refractivity contribution in [1.82, 2.24) is 0 Å². The largest absolute Gasteiger partial charge is 0.227 e. The summed E-state index contributed by atoms with van der Waals surface area (Å²) in [6.45, 7) is 0. The molecule has 1 aromatic carbocycles. The van der Waals surface area contributed by atoms with Gasteiger partial charge in [-0.1, -0.05) is 12.1 Å². The summed E-state index contributed by atoms with van der Waals surface area (Å²) < 4.78 is 34.8. The van der Waals surface area contributed by atoms with E-state index in [1.165, 1.54) is 24.3 Å². The van der Waals surface area contributed by atoms with Gasteiger partial charge in [-0.2, -0.15) is 5.26 Å². The van der Waals surface area contributed by atoms with Crippen LogP contribution in [-0.2, 0) is 15.6 Å². The molecule has 1 aromatic rings. The van der Waals surface area contributed by atoms with Gasteiger partial charge in [0.2, 0.25) is 0 Å². The van der Waals surface area contributed by atoms with Gasteiger partial charge in [-0.05, 0) is 17.7 Å². The Morgan fingerprint density at radius 1 is 1.29 bits per heavy atom. The second kappa shape index (κ2) is 4.20. The van der Waals surface area contributed by atoms with Gasteiger partial charge in [-0.15, -0.1) is 0 Å². The molecular weight excluding hydrogens is 205 g/mol. The van der Waals surface area contributed by atoms with Crippen LogP contribution in [0.25, 0.3) is 0 Å². The van der Waals surface area contributed by atoms with Gasteiger partial charge < -0.3 is 0 Å². The average molecular weight is 213 g/mol. The lowest BCUT2D eigenvalue weighted by Crippen LogP contribution is -2.07. The van der Waals surface area contributed by atoms with Crippen LogP contribution in [0, 0.1) is 17.1 Å². The molecule has 0 aliphatic rings. The topological polar surface area (TPSA) is 57.9 Å². The van der Waals surface area contributed by atoms with Gasteiger partial charge in [-0.25, -0.2) is 12.8 Å². The molecule has 0 fully saturated rings. The summed E-state index contributed by atoms with van der Waals surface area (Å²) in [5.41, 5.74) is 0.488. The first-order chi connectivity index (χ1) is 6.53. The van der Waals surface area contributed by atoms with Crippen LogP contribution in [0.3, 0.4) is 0 Å². The van der Waals surface area contributed by atoms with Gasteiger partial charge in [0.1, 0.15) is 11.6 Å². The molecule has 0 aliphatic heterocycles. The van der Waals surface area contributed by atoms with Gasteiger partial charge in [-0.3, -0.25) is 0 Å². The molecule has 0 aliphatic carbocycles. The Morgan fingerprint density at radius 2 is 1.86 bits per heavy atom. The maximum Gasteiger partial charge on any atom is 0.167 e. The van der Waals surface area contributed by atoms with Crippen molar-refractivity contribution < 1.29 is 12.8 Å². The molecule has 0 N–H and O–H groups in total. The number of hydrogen-bond donors (Lipinski definition) is 0. The van der Waals surface area contributed by atoms with Crippen LogP contribution in [0.5, 0.6) is 0 Å². The molecule has 14 heavy (non-hydrogen) atoms. The van der Waals surface area contributed by atoms with Gasteiger partial charge in [0.15, 0.2) is 9.84 Å². The highest BCUT2D eigenvalue weighted by molar-refractivity contribution is 7.90. The SMILES string of the molecule is N#CCS(=O)(=O)Cc1ccc(F)cc1. The fraction of sp³-hybridized carbons (Fsp3) is 0.222. The molecule has 0 heterocycles. The molecule has 0 saturated carbocycles. The molecule has 3 nitrogen and oxygen atoms in total. The molecule has 74 valence electrons. The average Bonchev–Trinajstić information content (AvgIpc) is 2.08. The molecule has 0 spiro atoms. The van der Waals surface area contributed by atoms with Crippen LogP contribution < -0.4 is 0 Å². The van der Waals surface area contributed by atoms with Crippen LogP contribution >= 0.6 is 0 Å². The van der Waals surface area contributed by atoms with E-state index in [9.17, 15) is 12.8 Å². The van der Waals surface area contributed by atoms with Gasteiger partial charge in [0.25, 0.3) is 0 Å². The summed E-state index contributed by atoms with van der Waals surface area (Å²) >= 11 is 0. The van der Waals surface area contributed by atoms with Crippen LogP contribution in [0.1, 0.15) is 5.56 Å². The molecule has 0 bridgehead atoms. The predicted octanol–water partition coefficient (Wildman–Crippen LogP) is 1.26. The van der Waals surface area contributed by atoms with Crippen molar-refractivity contribution in [2.24, 2.45) is 0 Å². The Labute approximate surface area is 81.7 Å². The minimum absolute atomic E-state index is 0.221. The normalized spacial score (nSPS) is 10.9. The quantitative estimate of drug-likeness (QED) is 0.759. The lowest BCUT2D eigenvalue weighted by atomic mass is 10.2. The van der Waals surface area contributed by atoms with E-state index in [4.69, 9.17) is 5.26 Å². The summed E-state index contributed by atoms with van der Waals surface area (Å²) in [6, 6.07) is 6.75. The molecule has 0 saturated heterocycles. The Kier molecular flexibility index (Phi) is 3.20. The third kappa shape index (κ3) is 3.15. The number of halogens is 1. The van der Waals surface area contributed by atoms with E-state index >= 15 is 0 Å². The van der Waals surface area contributed by atoms with E-state index < -0.39 is 21.4 Å². The molecule has 0 atom stereocenters. The first-order valence-electron chi connectivity index (χ1n) is 3.85. The van der Waals surface area contributed by atoms with Crippen LogP contribution in [0.4, 0.5) is 4.39 Å². The smallest absolute Gasteiger partial charge is 0.167 e. The maximum absolute atomic E-state index is 12.5. The Hall–Kier alpha value is -1.41. The Bertz CT molecular complexity index is 445. The molecule has 5 heteroatoms. The van der Waals surface area contributed by atoms with Gasteiger partial charge in [0, 0.05) is 0 Å². The highest BCUT2D eigenvalue weighted by Gasteiger charge is 2.10. The van der Waals surface area contributed by atoms with Gasteiger partial charge >= 0.3 is 0 Å². The van der Waals surface area contributed by atoms with Crippen molar-refractivity contribution in [1.29, 1.82) is 5.26 Å². The van der Waals surface area contributed by atoms with Crippen LogP contribution in [0.15, 0.2) is 24.3 Å². The second-order valence-corrected chi connectivity index (χ2v) is 4.88. The van der Waals surface area contributed by atoms with E-state index in [-0.39, 0.29) is 5.75 Å². The van der Waals surface area contributed by atoms with E-state index in [2.05, 4.69) is 0 Å². The minimum Gasteiger partial charge on any atom is -0.227 e. The summed E-state index contributed by atoms with van der Waals surface area (Å²) in [5, 5.41) is 8.23. The maximum atomic E-state index is 12.5. The number of benzene rings is 1. The van der Waals surface area contributed by atoms with E-state index in [1.807, 2.05) is 0 Å². The van der Waals surface area contributed by atoms with Gasteiger partial charge in [0.05, 0.1) is 11.8 Å². The monoisotopic (exact) mass is 213 g/mol. The Balaban J connectivity index is 2.80. The number of nitrogens with zero attached hydrogens (tertiary/aromatic N) is 1. The predicted molar refractivity (Wildman–Crippen MR) is 49.5 cm³/mol. The lowest BCUT2D eigenvalue weighted by molar-refractivity contribution is 0.598. The Morgan fingerprint density at radius 3 is 2.36 bits per heavy atom. The van der Waals surface area contributed by atoms with E-state index in [0.29, 0.717) is 5.56 Å². The summed E-state index contributed by atoms with van der Waals surface area (Å²) in [7, 11) is -3.38. The zero-order chi connectivity index (χ0) is 10.6. The summed E-state index contributed by atoms with van der Waals surface area (Å²) in [6.07, 6.45) is 0. The van der Waals surface area contributed by atoms with Crippen molar-refractivity contribution in [3.8, 4) is 6.07 Å². The zero-order valence-electron chi connectivity index (χ0n) is 7.27. The lowest BCUT2D eigenvalue weighted by Gasteiger charge is -1.99. The van der Waals surface area contributed by atoms with Crippen molar-refractivity contribution in [2.45, 2.75) is 5.75 Å². The molecule has 0 unspecified atom stereocenters. The molecule has 1 rings (SSSR count). The van der Waals surface area contributed by atoms with Crippen molar-refractivity contribution in [2.75, 3.05) is 5.75 Å². The molecule has 0 radical (unpaired) electrons. The third-order valence-electron chi connectivity index (χ3n) is 1.58. The fourth-order valence-electron chi connectivity index (χ4n) is 0.984.